The number of carbonyl (C=O) groups excluding carboxylic acids is 1. The van der Waals surface area contributed by atoms with E-state index < -0.39 is 0 Å². The number of benzene rings is 1. The topological polar surface area (TPSA) is 43.8 Å². The number of amides is 1. The monoisotopic (exact) mass is 314 g/mol. The summed E-state index contributed by atoms with van der Waals surface area (Å²) in [5, 5.41) is 9.13. The second-order valence-electron chi connectivity index (χ2n) is 7.44. The summed E-state index contributed by atoms with van der Waals surface area (Å²) in [5.74, 6) is 1.11. The van der Waals surface area contributed by atoms with Crippen LogP contribution in [0.25, 0.3) is 0 Å². The number of aliphatic hydroxyl groups excluding tert-OH is 1. The normalized spacial score (nSPS) is 27.3. The lowest BCUT2D eigenvalue weighted by Crippen LogP contribution is -2.66. The number of piperidine rings is 1. The highest BCUT2D eigenvalue weighted by Crippen LogP contribution is 2.56. The predicted octanol–water partition coefficient (Wildman–Crippen LogP) is 2.05. The standard InChI is InChI=1S/C19H26N2O2/c22-13-12-20-10-8-19(9-11-20)17(16-4-2-1-3-5-16)21(18(19)23)14-15-6-7-15/h1-5,15,17,22H,6-14H2. The van der Waals surface area contributed by atoms with E-state index in [9.17, 15) is 4.79 Å². The van der Waals surface area contributed by atoms with Crippen LogP contribution >= 0.6 is 0 Å². The molecule has 3 aliphatic rings. The number of hydrogen-bond acceptors (Lipinski definition) is 3. The van der Waals surface area contributed by atoms with Gasteiger partial charge in [-0.1, -0.05) is 30.3 Å². The Balaban J connectivity index is 1.56. The summed E-state index contributed by atoms with van der Waals surface area (Å²) in [4.78, 5) is 17.4. The van der Waals surface area contributed by atoms with Gasteiger partial charge in [0.25, 0.3) is 0 Å². The van der Waals surface area contributed by atoms with Crippen molar-refractivity contribution in [2.24, 2.45) is 11.3 Å². The molecule has 4 rings (SSSR count). The van der Waals surface area contributed by atoms with Crippen LogP contribution in [0.2, 0.25) is 0 Å². The van der Waals surface area contributed by atoms with Gasteiger partial charge in [-0.2, -0.15) is 0 Å². The van der Waals surface area contributed by atoms with Gasteiger partial charge in [0, 0.05) is 13.1 Å². The van der Waals surface area contributed by atoms with Gasteiger partial charge in [0.2, 0.25) is 5.91 Å². The number of β-amino-alcohol motifs (C(OH)–C–C–N with tert-alkyl or cyclic N) is 1. The summed E-state index contributed by atoms with van der Waals surface area (Å²) in [5.41, 5.74) is 1.10. The van der Waals surface area contributed by atoms with Gasteiger partial charge >= 0.3 is 0 Å². The van der Waals surface area contributed by atoms with Crippen LogP contribution in [0.3, 0.4) is 0 Å². The maximum atomic E-state index is 13.0. The van der Waals surface area contributed by atoms with Crippen molar-refractivity contribution in [1.29, 1.82) is 0 Å². The van der Waals surface area contributed by atoms with Crippen molar-refractivity contribution < 1.29 is 9.90 Å². The maximum Gasteiger partial charge on any atom is 0.231 e. The molecule has 2 aliphatic heterocycles. The Morgan fingerprint density at radius 1 is 1.13 bits per heavy atom. The van der Waals surface area contributed by atoms with E-state index in [1.165, 1.54) is 18.4 Å². The quantitative estimate of drug-likeness (QED) is 0.846. The first-order valence-electron chi connectivity index (χ1n) is 8.94. The third-order valence-electron chi connectivity index (χ3n) is 5.95. The maximum absolute atomic E-state index is 13.0. The minimum absolute atomic E-state index is 0.192. The molecule has 2 heterocycles. The first-order chi connectivity index (χ1) is 11.2. The van der Waals surface area contributed by atoms with Gasteiger partial charge in [-0.3, -0.25) is 4.79 Å². The van der Waals surface area contributed by atoms with Crippen molar-refractivity contribution in [3.8, 4) is 0 Å². The van der Waals surface area contributed by atoms with E-state index in [0.29, 0.717) is 5.91 Å². The van der Waals surface area contributed by atoms with E-state index in [2.05, 4.69) is 34.1 Å². The summed E-state index contributed by atoms with van der Waals surface area (Å²) in [6.45, 7) is 3.73. The lowest BCUT2D eigenvalue weighted by Gasteiger charge is -2.59. The molecule has 1 saturated carbocycles. The van der Waals surface area contributed by atoms with Crippen molar-refractivity contribution in [3.05, 3.63) is 35.9 Å². The van der Waals surface area contributed by atoms with Crippen LogP contribution < -0.4 is 0 Å². The fourth-order valence-electron chi connectivity index (χ4n) is 4.46. The molecule has 4 nitrogen and oxygen atoms in total. The molecule has 1 aliphatic carbocycles. The molecule has 1 aromatic carbocycles. The third kappa shape index (κ3) is 2.58. The molecular weight excluding hydrogens is 288 g/mol. The number of nitrogens with zero attached hydrogens (tertiary/aromatic N) is 2. The Hall–Kier alpha value is -1.39. The number of rotatable bonds is 5. The number of likely N-dealkylation sites (tertiary alicyclic amines) is 2. The van der Waals surface area contributed by atoms with Gasteiger partial charge in [-0.05, 0) is 50.3 Å². The molecule has 0 radical (unpaired) electrons. The molecule has 2 saturated heterocycles. The molecule has 4 heteroatoms. The zero-order chi connectivity index (χ0) is 15.9. The molecule has 1 N–H and O–H groups in total. The molecule has 3 fully saturated rings. The number of carbonyl (C=O) groups is 1. The van der Waals surface area contributed by atoms with Gasteiger partial charge in [-0.25, -0.2) is 0 Å². The number of hydrogen-bond donors (Lipinski definition) is 1. The molecule has 1 amide bonds. The second kappa shape index (κ2) is 5.91. The Morgan fingerprint density at radius 2 is 1.83 bits per heavy atom. The Kier molecular flexibility index (Phi) is 3.90. The molecule has 1 atom stereocenters. The summed E-state index contributed by atoms with van der Waals surface area (Å²) >= 11 is 0. The van der Waals surface area contributed by atoms with Crippen LogP contribution in [0, 0.1) is 11.3 Å². The second-order valence-corrected chi connectivity index (χ2v) is 7.44. The van der Waals surface area contributed by atoms with E-state index in [4.69, 9.17) is 5.11 Å². The van der Waals surface area contributed by atoms with Gasteiger partial charge < -0.3 is 14.9 Å². The Morgan fingerprint density at radius 3 is 2.43 bits per heavy atom. The predicted molar refractivity (Wildman–Crippen MR) is 88.8 cm³/mol. The first kappa shape index (κ1) is 15.2. The first-order valence-corrected chi connectivity index (χ1v) is 8.94. The summed E-state index contributed by atoms with van der Waals surface area (Å²) in [6, 6.07) is 10.8. The van der Waals surface area contributed by atoms with Crippen molar-refractivity contribution in [2.75, 3.05) is 32.8 Å². The van der Waals surface area contributed by atoms with Crippen molar-refractivity contribution in [1.82, 2.24) is 9.80 Å². The van der Waals surface area contributed by atoms with Gasteiger partial charge in [-0.15, -0.1) is 0 Å². The van der Waals surface area contributed by atoms with Crippen molar-refractivity contribution in [3.63, 3.8) is 0 Å². The van der Waals surface area contributed by atoms with Crippen LogP contribution in [0.5, 0.6) is 0 Å². The summed E-state index contributed by atoms with van der Waals surface area (Å²) in [6.07, 6.45) is 4.41. The lowest BCUT2D eigenvalue weighted by atomic mass is 9.62. The molecule has 1 spiro atoms. The van der Waals surface area contributed by atoms with Crippen LogP contribution in [0.15, 0.2) is 30.3 Å². The van der Waals surface area contributed by atoms with E-state index in [1.54, 1.807) is 0 Å². The zero-order valence-electron chi connectivity index (χ0n) is 13.7. The van der Waals surface area contributed by atoms with E-state index in [0.717, 1.165) is 44.9 Å². The van der Waals surface area contributed by atoms with E-state index in [1.807, 2.05) is 6.07 Å². The fraction of sp³-hybridized carbons (Fsp3) is 0.632. The minimum Gasteiger partial charge on any atom is -0.395 e. The third-order valence-corrected chi connectivity index (χ3v) is 5.95. The molecule has 1 unspecified atom stereocenters. The minimum atomic E-state index is -0.192. The molecule has 23 heavy (non-hydrogen) atoms. The van der Waals surface area contributed by atoms with Crippen LogP contribution in [0.1, 0.15) is 37.3 Å². The van der Waals surface area contributed by atoms with Crippen LogP contribution in [-0.4, -0.2) is 53.6 Å². The van der Waals surface area contributed by atoms with Gasteiger partial charge in [0.1, 0.15) is 0 Å². The summed E-state index contributed by atoms with van der Waals surface area (Å²) in [7, 11) is 0. The average Bonchev–Trinajstić information content (AvgIpc) is 3.41. The van der Waals surface area contributed by atoms with Gasteiger partial charge in [0.15, 0.2) is 0 Å². The average molecular weight is 314 g/mol. The largest absolute Gasteiger partial charge is 0.395 e. The highest BCUT2D eigenvalue weighted by Gasteiger charge is 2.61. The molecule has 124 valence electrons. The molecule has 0 bridgehead atoms. The molecular formula is C19H26N2O2. The fourth-order valence-corrected chi connectivity index (χ4v) is 4.46. The van der Waals surface area contributed by atoms with Crippen LogP contribution in [-0.2, 0) is 4.79 Å². The highest BCUT2D eigenvalue weighted by molar-refractivity contribution is 5.91. The van der Waals surface area contributed by atoms with Crippen LogP contribution in [0.4, 0.5) is 0 Å². The molecule has 1 aromatic rings. The zero-order valence-corrected chi connectivity index (χ0v) is 13.7. The van der Waals surface area contributed by atoms with Gasteiger partial charge in [0.05, 0.1) is 18.1 Å². The van der Waals surface area contributed by atoms with E-state index >= 15 is 0 Å². The number of β-lactam (4-membered cyclic amide) rings is 1. The highest BCUT2D eigenvalue weighted by atomic mass is 16.3. The Labute approximate surface area is 138 Å². The molecule has 0 aromatic heterocycles. The SMILES string of the molecule is O=C1N(CC2CC2)C(c2ccccc2)C12CCN(CCO)CC2. The summed E-state index contributed by atoms with van der Waals surface area (Å²) < 4.78 is 0. The Bertz CT molecular complexity index is 562. The smallest absolute Gasteiger partial charge is 0.231 e. The number of aliphatic hydroxyl groups is 1. The van der Waals surface area contributed by atoms with Crippen molar-refractivity contribution in [2.45, 2.75) is 31.7 Å². The van der Waals surface area contributed by atoms with Crippen molar-refractivity contribution >= 4 is 5.91 Å². The van der Waals surface area contributed by atoms with E-state index in [-0.39, 0.29) is 18.1 Å². The lowest BCUT2D eigenvalue weighted by molar-refractivity contribution is -0.181.